The molecule has 4 heteroatoms. The Morgan fingerprint density at radius 1 is 1.06 bits per heavy atom. The highest BCUT2D eigenvalue weighted by Gasteiger charge is 2.12. The smallest absolute Gasteiger partial charge is 0.253 e. The van der Waals surface area contributed by atoms with Crippen LogP contribution in [0.25, 0.3) is 10.8 Å². The predicted octanol–water partition coefficient (Wildman–Crippen LogP) is 3.58. The van der Waals surface area contributed by atoms with Gasteiger partial charge in [-0.05, 0) is 52.2 Å². The van der Waals surface area contributed by atoms with Gasteiger partial charge in [0.05, 0.1) is 5.56 Å². The van der Waals surface area contributed by atoms with Gasteiger partial charge in [0.15, 0.2) is 0 Å². The number of rotatable bonds is 2. The van der Waals surface area contributed by atoms with Crippen LogP contribution >= 0.6 is 23.2 Å². The molecule has 2 aromatic carbocycles. The van der Waals surface area contributed by atoms with Gasteiger partial charge in [-0.3, -0.25) is 9.59 Å². The van der Waals surface area contributed by atoms with E-state index in [2.05, 4.69) is 5.92 Å². The molecule has 0 bridgehead atoms. The molecule has 88 valence electrons. The fraction of sp³-hybridized carbons (Fsp3) is 0. The maximum atomic E-state index is 11.2. The fourth-order valence-electron chi connectivity index (χ4n) is 1.77. The van der Waals surface area contributed by atoms with E-state index in [1.165, 1.54) is 6.07 Å². The highest BCUT2D eigenvalue weighted by atomic mass is 35.5. The lowest BCUT2D eigenvalue weighted by Crippen LogP contribution is -1.96. The summed E-state index contributed by atoms with van der Waals surface area (Å²) in [6, 6.07) is 8.04. The molecule has 0 aliphatic carbocycles. The highest BCUT2D eigenvalue weighted by molar-refractivity contribution is 6.68. The van der Waals surface area contributed by atoms with E-state index in [9.17, 15) is 9.59 Å². The van der Waals surface area contributed by atoms with Gasteiger partial charge in [-0.15, -0.1) is 6.42 Å². The SMILES string of the molecule is C#Cc1c(C(=O)Cl)ccc2cc(C(=O)Cl)ccc12. The van der Waals surface area contributed by atoms with E-state index in [0.717, 1.165) is 5.39 Å². The van der Waals surface area contributed by atoms with Crippen LogP contribution in [0.3, 0.4) is 0 Å². The average Bonchev–Trinajstić information content (AvgIpc) is 2.36. The van der Waals surface area contributed by atoms with Crippen molar-refractivity contribution >= 4 is 44.5 Å². The molecule has 0 N–H and O–H groups in total. The number of hydrogen-bond donors (Lipinski definition) is 0. The molecule has 0 aliphatic heterocycles. The minimum absolute atomic E-state index is 0.275. The highest BCUT2D eigenvalue weighted by Crippen LogP contribution is 2.24. The fourth-order valence-corrected chi connectivity index (χ4v) is 2.05. The lowest BCUT2D eigenvalue weighted by atomic mass is 9.98. The predicted molar refractivity (Wildman–Crippen MR) is 72.3 cm³/mol. The first-order chi connectivity index (χ1) is 8.54. The summed E-state index contributed by atoms with van der Waals surface area (Å²) < 4.78 is 0. The molecule has 0 unspecified atom stereocenters. The summed E-state index contributed by atoms with van der Waals surface area (Å²) in [7, 11) is 0. The van der Waals surface area contributed by atoms with E-state index in [4.69, 9.17) is 29.6 Å². The molecule has 0 spiro atoms. The third kappa shape index (κ3) is 2.11. The van der Waals surface area contributed by atoms with Crippen molar-refractivity contribution in [3.63, 3.8) is 0 Å². The molecule has 0 amide bonds. The van der Waals surface area contributed by atoms with Gasteiger partial charge in [-0.25, -0.2) is 0 Å². The van der Waals surface area contributed by atoms with Crippen molar-refractivity contribution < 1.29 is 9.59 Å². The van der Waals surface area contributed by atoms with Gasteiger partial charge in [0, 0.05) is 11.1 Å². The second kappa shape index (κ2) is 4.81. The van der Waals surface area contributed by atoms with Gasteiger partial charge >= 0.3 is 0 Å². The van der Waals surface area contributed by atoms with Crippen LogP contribution < -0.4 is 0 Å². The summed E-state index contributed by atoms with van der Waals surface area (Å²) in [4.78, 5) is 22.3. The number of carbonyl (C=O) groups is 2. The third-order valence-electron chi connectivity index (χ3n) is 2.60. The zero-order chi connectivity index (χ0) is 13.3. The summed E-state index contributed by atoms with van der Waals surface area (Å²) in [5.41, 5.74) is 1.06. The number of terminal acetylenes is 1. The Bertz CT molecular complexity index is 712. The van der Waals surface area contributed by atoms with Crippen molar-refractivity contribution in [1.82, 2.24) is 0 Å². The molecule has 0 fully saturated rings. The lowest BCUT2D eigenvalue weighted by Gasteiger charge is -2.06. The number of halogens is 2. The topological polar surface area (TPSA) is 34.1 Å². The van der Waals surface area contributed by atoms with E-state index in [-0.39, 0.29) is 5.56 Å². The average molecular weight is 277 g/mol. The Hall–Kier alpha value is -1.82. The van der Waals surface area contributed by atoms with Gasteiger partial charge in [0.2, 0.25) is 0 Å². The maximum Gasteiger partial charge on any atom is 0.253 e. The molecule has 2 aromatic rings. The van der Waals surface area contributed by atoms with Crippen LogP contribution in [0.15, 0.2) is 30.3 Å². The van der Waals surface area contributed by atoms with Crippen LogP contribution in [-0.2, 0) is 0 Å². The van der Waals surface area contributed by atoms with Crippen molar-refractivity contribution in [3.05, 3.63) is 47.0 Å². The van der Waals surface area contributed by atoms with Crippen molar-refractivity contribution in [1.29, 1.82) is 0 Å². The summed E-state index contributed by atoms with van der Waals surface area (Å²) >= 11 is 10.9. The molecule has 0 saturated carbocycles. The van der Waals surface area contributed by atoms with Crippen molar-refractivity contribution in [2.24, 2.45) is 0 Å². The Kier molecular flexibility index (Phi) is 3.38. The normalized spacial score (nSPS) is 10.1. The van der Waals surface area contributed by atoms with Gasteiger partial charge in [0.25, 0.3) is 10.5 Å². The zero-order valence-electron chi connectivity index (χ0n) is 9.04. The summed E-state index contributed by atoms with van der Waals surface area (Å²) in [5, 5.41) is 0.265. The van der Waals surface area contributed by atoms with Gasteiger partial charge in [0.1, 0.15) is 0 Å². The first-order valence-electron chi connectivity index (χ1n) is 4.97. The van der Waals surface area contributed by atoms with Crippen LogP contribution in [0.5, 0.6) is 0 Å². The molecule has 0 aromatic heterocycles. The van der Waals surface area contributed by atoms with Crippen molar-refractivity contribution in [2.45, 2.75) is 0 Å². The van der Waals surface area contributed by atoms with E-state index in [1.54, 1.807) is 24.3 Å². The maximum absolute atomic E-state index is 11.2. The van der Waals surface area contributed by atoms with Gasteiger partial charge < -0.3 is 0 Å². The molecular formula is C14H6Cl2O2. The van der Waals surface area contributed by atoms with E-state index >= 15 is 0 Å². The van der Waals surface area contributed by atoms with Crippen LogP contribution in [-0.4, -0.2) is 10.5 Å². The van der Waals surface area contributed by atoms with Crippen LogP contribution in [0.2, 0.25) is 0 Å². The number of benzene rings is 2. The summed E-state index contributed by atoms with van der Waals surface area (Å²) in [5.74, 6) is 2.45. The third-order valence-corrected chi connectivity index (χ3v) is 3.02. The molecule has 0 aliphatic rings. The van der Waals surface area contributed by atoms with Crippen LogP contribution in [0, 0.1) is 12.3 Å². The van der Waals surface area contributed by atoms with E-state index in [0.29, 0.717) is 16.5 Å². The van der Waals surface area contributed by atoms with Gasteiger partial charge in [-0.1, -0.05) is 18.1 Å². The zero-order valence-corrected chi connectivity index (χ0v) is 10.5. The van der Waals surface area contributed by atoms with Crippen molar-refractivity contribution in [3.8, 4) is 12.3 Å². The second-order valence-corrected chi connectivity index (χ2v) is 4.30. The Labute approximate surface area is 114 Å². The molecule has 2 nitrogen and oxygen atoms in total. The number of carbonyl (C=O) groups excluding carboxylic acids is 2. The molecule has 2 rings (SSSR count). The Balaban J connectivity index is 2.80. The monoisotopic (exact) mass is 276 g/mol. The summed E-state index contributed by atoms with van der Waals surface area (Å²) in [6.07, 6.45) is 5.40. The van der Waals surface area contributed by atoms with Crippen LogP contribution in [0.4, 0.5) is 0 Å². The van der Waals surface area contributed by atoms with Crippen molar-refractivity contribution in [2.75, 3.05) is 0 Å². The standard InChI is InChI=1S/C14H6Cl2O2/c1-2-10-11-5-4-9(13(15)17)7-8(11)3-6-12(10)14(16)18/h1,3-7H. The Morgan fingerprint density at radius 2 is 1.78 bits per heavy atom. The number of hydrogen-bond acceptors (Lipinski definition) is 2. The second-order valence-electron chi connectivity index (χ2n) is 3.62. The van der Waals surface area contributed by atoms with E-state index < -0.39 is 10.5 Å². The summed E-state index contributed by atoms with van der Waals surface area (Å²) in [6.45, 7) is 0. The molecular weight excluding hydrogens is 271 g/mol. The quantitative estimate of drug-likeness (QED) is 0.621. The first kappa shape index (κ1) is 12.6. The largest absolute Gasteiger partial charge is 0.276 e. The first-order valence-corrected chi connectivity index (χ1v) is 5.73. The minimum Gasteiger partial charge on any atom is -0.276 e. The number of fused-ring (bicyclic) bond motifs is 1. The lowest BCUT2D eigenvalue weighted by molar-refractivity contribution is 0.107. The Morgan fingerprint density at radius 3 is 2.33 bits per heavy atom. The molecule has 0 atom stereocenters. The molecule has 18 heavy (non-hydrogen) atoms. The van der Waals surface area contributed by atoms with Gasteiger partial charge in [-0.2, -0.15) is 0 Å². The van der Waals surface area contributed by atoms with Crippen LogP contribution in [0.1, 0.15) is 26.3 Å². The molecule has 0 saturated heterocycles. The minimum atomic E-state index is -0.609. The van der Waals surface area contributed by atoms with E-state index in [1.807, 2.05) is 0 Å². The molecule has 0 heterocycles. The molecule has 0 radical (unpaired) electrons.